The largest absolute Gasteiger partial charge is 0.497 e. The molecule has 0 amide bonds. The molecule has 0 spiro atoms. The fourth-order valence-corrected chi connectivity index (χ4v) is 5.50. The van der Waals surface area contributed by atoms with Gasteiger partial charge < -0.3 is 34.9 Å². The predicted octanol–water partition coefficient (Wildman–Crippen LogP) is 5.81. The minimum absolute atomic E-state index is 0.0288. The van der Waals surface area contributed by atoms with Crippen LogP contribution in [0.3, 0.4) is 0 Å². The number of carboxylic acids is 1. The van der Waals surface area contributed by atoms with Gasteiger partial charge in [-0.1, -0.05) is 32.4 Å². The average molecular weight is 594 g/mol. The van der Waals surface area contributed by atoms with Gasteiger partial charge in [0.05, 0.1) is 24.4 Å². The van der Waals surface area contributed by atoms with E-state index < -0.39 is 29.1 Å². The van der Waals surface area contributed by atoms with Crippen molar-refractivity contribution in [3.05, 3.63) is 95.6 Å². The third kappa shape index (κ3) is 4.90. The van der Waals surface area contributed by atoms with E-state index >= 15 is 0 Å². The molecule has 220 valence electrons. The van der Waals surface area contributed by atoms with Crippen molar-refractivity contribution in [1.82, 2.24) is 0 Å². The molecule has 11 heteroatoms. The maximum atomic E-state index is 12.8. The van der Waals surface area contributed by atoms with Crippen molar-refractivity contribution >= 4 is 40.3 Å². The molecule has 0 fully saturated rings. The molecular formula is C31H32ClN3O7. The first kappa shape index (κ1) is 29.2. The molecule has 0 aliphatic carbocycles. The van der Waals surface area contributed by atoms with Crippen LogP contribution in [0.4, 0.5) is 22.7 Å². The fraction of sp³-hybridized carbons (Fsp3) is 0.323. The summed E-state index contributed by atoms with van der Waals surface area (Å²) in [7, 11) is 1.46. The number of aryl methyl sites for hydroxylation is 2. The highest BCUT2D eigenvalue weighted by atomic mass is 35.5. The van der Waals surface area contributed by atoms with Crippen molar-refractivity contribution in [3.63, 3.8) is 0 Å². The molecule has 0 radical (unpaired) electrons. The molecule has 2 heterocycles. The number of aliphatic hydroxyl groups excluding tert-OH is 1. The quantitative estimate of drug-likeness (QED) is 0.185. The topological polar surface area (TPSA) is 141 Å². The molecule has 4 N–H and O–H groups in total. The number of carbonyl (C=O) groups is 1. The van der Waals surface area contributed by atoms with Gasteiger partial charge in [0.15, 0.2) is 6.23 Å². The summed E-state index contributed by atoms with van der Waals surface area (Å²) in [5.74, 6) is 0.650. The van der Waals surface area contributed by atoms with Gasteiger partial charge in [-0.05, 0) is 60.7 Å². The first-order chi connectivity index (χ1) is 19.7. The Kier molecular flexibility index (Phi) is 7.32. The first-order valence-electron chi connectivity index (χ1n) is 13.3. The summed E-state index contributed by atoms with van der Waals surface area (Å²) in [4.78, 5) is 39.1. The Balaban J connectivity index is 1.52. The van der Waals surface area contributed by atoms with Gasteiger partial charge in [-0.2, -0.15) is 0 Å². The Labute approximate surface area is 247 Å². The van der Waals surface area contributed by atoms with Crippen LogP contribution in [0, 0.1) is 19.3 Å². The lowest BCUT2D eigenvalue weighted by Crippen LogP contribution is -2.39. The van der Waals surface area contributed by atoms with Crippen molar-refractivity contribution in [2.75, 3.05) is 22.6 Å². The molecule has 5 rings (SSSR count). The van der Waals surface area contributed by atoms with Crippen LogP contribution >= 0.6 is 11.6 Å². The van der Waals surface area contributed by atoms with Crippen LogP contribution in [0.2, 0.25) is 5.02 Å². The molecule has 1 unspecified atom stereocenters. The molecule has 2 atom stereocenters. The number of carboxylic acid groups (broad SMARTS) is 1. The van der Waals surface area contributed by atoms with Crippen molar-refractivity contribution in [3.8, 4) is 5.75 Å². The van der Waals surface area contributed by atoms with Crippen molar-refractivity contribution in [2.45, 2.75) is 53.4 Å². The van der Waals surface area contributed by atoms with E-state index in [0.29, 0.717) is 33.3 Å². The fourth-order valence-electron chi connectivity index (χ4n) is 5.28. The van der Waals surface area contributed by atoms with Gasteiger partial charge in [0.1, 0.15) is 28.6 Å². The van der Waals surface area contributed by atoms with E-state index in [0.717, 1.165) is 11.3 Å². The van der Waals surface area contributed by atoms with E-state index in [1.165, 1.54) is 30.2 Å². The monoisotopic (exact) mass is 593 g/mol. The minimum atomic E-state index is -1.31. The molecule has 0 saturated carbocycles. The number of nitrogens with zero attached hydrogens (tertiary/aromatic N) is 1. The molecule has 1 aliphatic rings. The second-order valence-corrected chi connectivity index (χ2v) is 11.9. The Morgan fingerprint density at radius 3 is 2.40 bits per heavy atom. The Hall–Kier alpha value is -4.28. The van der Waals surface area contributed by atoms with Gasteiger partial charge in [0.25, 0.3) is 10.9 Å². The SMILES string of the molecule is COc1ccc(C(=O)O)c(N2Cc3c(Cl)ccc(Nc4c(N[C@@H](c5cc(C)c(C)o5)C(C)(C)C)c(=O)c4=O)c3C2O)c1. The third-order valence-electron chi connectivity index (χ3n) is 7.72. The zero-order chi connectivity index (χ0) is 30.7. The highest BCUT2D eigenvalue weighted by Crippen LogP contribution is 2.46. The molecule has 0 bridgehead atoms. The Morgan fingerprint density at radius 2 is 1.81 bits per heavy atom. The van der Waals surface area contributed by atoms with E-state index in [2.05, 4.69) is 10.6 Å². The van der Waals surface area contributed by atoms with Crippen LogP contribution in [-0.4, -0.2) is 23.3 Å². The van der Waals surface area contributed by atoms with E-state index in [1.807, 2.05) is 40.7 Å². The predicted molar refractivity (Wildman–Crippen MR) is 161 cm³/mol. The number of nitrogens with one attached hydrogen (secondary N) is 2. The number of hydrogen-bond donors (Lipinski definition) is 4. The van der Waals surface area contributed by atoms with Crippen molar-refractivity contribution in [1.29, 1.82) is 0 Å². The number of fused-ring (bicyclic) bond motifs is 1. The van der Waals surface area contributed by atoms with Gasteiger partial charge in [0, 0.05) is 28.9 Å². The number of aromatic carboxylic acids is 1. The molecule has 3 aromatic carbocycles. The van der Waals surface area contributed by atoms with E-state index in [-0.39, 0.29) is 34.6 Å². The highest BCUT2D eigenvalue weighted by Gasteiger charge is 2.37. The standard InChI is InChI=1S/C31H32ClN3O7/c1-14-11-22(42-15(14)2)28(31(3,4)5)34-25-24(26(36)27(25)37)33-20-10-9-19(32)18-13-35(29(38)23(18)20)21-12-16(41-6)7-8-17(21)30(39)40/h7-12,28-29,33-34,38H,13H2,1-6H3,(H,39,40)/t28-,29?/m0/s1. The average Bonchev–Trinajstić information content (AvgIpc) is 3.46. The van der Waals surface area contributed by atoms with Gasteiger partial charge in [-0.15, -0.1) is 0 Å². The van der Waals surface area contributed by atoms with Crippen molar-refractivity contribution < 1.29 is 24.2 Å². The number of furan rings is 1. The van der Waals surface area contributed by atoms with E-state index in [9.17, 15) is 24.6 Å². The summed E-state index contributed by atoms with van der Waals surface area (Å²) in [6.07, 6.45) is -1.31. The third-order valence-corrected chi connectivity index (χ3v) is 8.07. The first-order valence-corrected chi connectivity index (χ1v) is 13.7. The van der Waals surface area contributed by atoms with Crippen molar-refractivity contribution in [2.24, 2.45) is 5.41 Å². The summed E-state index contributed by atoms with van der Waals surface area (Å²) in [6, 6.07) is 9.18. The molecule has 10 nitrogen and oxygen atoms in total. The number of anilines is 4. The lowest BCUT2D eigenvalue weighted by molar-refractivity contribution is 0.0697. The molecule has 4 aromatic rings. The zero-order valence-corrected chi connectivity index (χ0v) is 24.8. The summed E-state index contributed by atoms with van der Waals surface area (Å²) >= 11 is 6.52. The number of methoxy groups -OCH3 is 1. The summed E-state index contributed by atoms with van der Waals surface area (Å²) in [5, 5.41) is 27.9. The second kappa shape index (κ2) is 10.5. The molecule has 1 aliphatic heterocycles. The minimum Gasteiger partial charge on any atom is -0.497 e. The lowest BCUT2D eigenvalue weighted by atomic mass is 9.84. The number of aliphatic hydroxyl groups is 1. The van der Waals surface area contributed by atoms with Crippen LogP contribution < -0.4 is 31.1 Å². The smallest absolute Gasteiger partial charge is 0.337 e. The number of rotatable bonds is 8. The second-order valence-electron chi connectivity index (χ2n) is 11.5. The zero-order valence-electron chi connectivity index (χ0n) is 24.1. The van der Waals surface area contributed by atoms with Crippen LogP contribution in [0.15, 0.2) is 50.4 Å². The summed E-state index contributed by atoms with van der Waals surface area (Å²) in [6.45, 7) is 9.89. The van der Waals surface area contributed by atoms with Crippen LogP contribution in [0.1, 0.15) is 71.6 Å². The van der Waals surface area contributed by atoms with Gasteiger partial charge in [-0.25, -0.2) is 4.79 Å². The van der Waals surface area contributed by atoms with Crippen LogP contribution in [0.25, 0.3) is 0 Å². The van der Waals surface area contributed by atoms with Gasteiger partial charge >= 0.3 is 5.97 Å². The van der Waals surface area contributed by atoms with E-state index in [1.54, 1.807) is 12.1 Å². The number of ether oxygens (including phenoxy) is 1. The normalized spacial score (nSPS) is 15.5. The van der Waals surface area contributed by atoms with E-state index in [4.69, 9.17) is 20.8 Å². The van der Waals surface area contributed by atoms with Crippen LogP contribution in [0.5, 0.6) is 5.75 Å². The summed E-state index contributed by atoms with van der Waals surface area (Å²) in [5.41, 5.74) is 0.870. The van der Waals surface area contributed by atoms with Crippen LogP contribution in [-0.2, 0) is 6.54 Å². The molecule has 42 heavy (non-hydrogen) atoms. The molecular weight excluding hydrogens is 562 g/mol. The molecule has 0 saturated heterocycles. The number of benzene rings is 2. The maximum Gasteiger partial charge on any atom is 0.337 e. The highest BCUT2D eigenvalue weighted by molar-refractivity contribution is 6.31. The number of hydrogen-bond acceptors (Lipinski definition) is 9. The molecule has 1 aromatic heterocycles. The Bertz CT molecular complexity index is 1760. The van der Waals surface area contributed by atoms with Gasteiger partial charge in [0.2, 0.25) is 0 Å². The Morgan fingerprint density at radius 1 is 1.12 bits per heavy atom. The summed E-state index contributed by atoms with van der Waals surface area (Å²) < 4.78 is 11.3. The maximum absolute atomic E-state index is 12.8. The lowest BCUT2D eigenvalue weighted by Gasteiger charge is -2.32. The van der Waals surface area contributed by atoms with Gasteiger partial charge in [-0.3, -0.25) is 9.59 Å². The number of halogens is 1.